The zero-order valence-corrected chi connectivity index (χ0v) is 10.7. The van der Waals surface area contributed by atoms with E-state index in [0.29, 0.717) is 23.6 Å². The number of ketones is 1. The fourth-order valence-corrected chi connectivity index (χ4v) is 2.17. The van der Waals surface area contributed by atoms with Crippen LogP contribution in [0.2, 0.25) is 5.02 Å². The minimum atomic E-state index is -0.276. The summed E-state index contributed by atoms with van der Waals surface area (Å²) in [5.41, 5.74) is 0.587. The number of nitrogens with one attached hydrogen (secondary N) is 2. The van der Waals surface area contributed by atoms with Crippen LogP contribution < -0.4 is 10.6 Å². The highest BCUT2D eigenvalue weighted by Crippen LogP contribution is 2.20. The van der Waals surface area contributed by atoms with Crippen LogP contribution in [0.15, 0.2) is 24.3 Å². The molecule has 1 fully saturated rings. The van der Waals surface area contributed by atoms with Crippen LogP contribution in [0.3, 0.4) is 0 Å². The Morgan fingerprint density at radius 3 is 2.56 bits per heavy atom. The van der Waals surface area contributed by atoms with Crippen molar-refractivity contribution in [2.45, 2.75) is 31.7 Å². The zero-order valence-electron chi connectivity index (χ0n) is 9.91. The maximum atomic E-state index is 11.7. The fourth-order valence-electron chi connectivity index (χ4n) is 1.99. The van der Waals surface area contributed by atoms with Gasteiger partial charge in [0.05, 0.1) is 10.7 Å². The molecule has 0 saturated heterocycles. The van der Waals surface area contributed by atoms with Crippen LogP contribution in [0.4, 0.5) is 10.5 Å². The van der Waals surface area contributed by atoms with Gasteiger partial charge in [-0.1, -0.05) is 23.7 Å². The van der Waals surface area contributed by atoms with Crippen LogP contribution in [0.25, 0.3) is 0 Å². The molecule has 1 aliphatic carbocycles. The number of amides is 2. The first kappa shape index (κ1) is 12.9. The van der Waals surface area contributed by atoms with Gasteiger partial charge in [-0.25, -0.2) is 4.79 Å². The summed E-state index contributed by atoms with van der Waals surface area (Å²) < 4.78 is 0. The highest BCUT2D eigenvalue weighted by atomic mass is 35.5. The quantitative estimate of drug-likeness (QED) is 0.865. The Hall–Kier alpha value is -1.55. The van der Waals surface area contributed by atoms with E-state index in [4.69, 9.17) is 11.6 Å². The Balaban J connectivity index is 1.86. The lowest BCUT2D eigenvalue weighted by Crippen LogP contribution is -2.40. The highest BCUT2D eigenvalue weighted by Gasteiger charge is 2.20. The van der Waals surface area contributed by atoms with E-state index in [2.05, 4.69) is 10.6 Å². The summed E-state index contributed by atoms with van der Waals surface area (Å²) in [7, 11) is 0. The first-order valence-corrected chi connectivity index (χ1v) is 6.36. The molecule has 2 amide bonds. The van der Waals surface area contributed by atoms with Crippen LogP contribution in [-0.4, -0.2) is 17.9 Å². The van der Waals surface area contributed by atoms with E-state index in [1.807, 2.05) is 0 Å². The van der Waals surface area contributed by atoms with Crippen molar-refractivity contribution in [3.63, 3.8) is 0 Å². The van der Waals surface area contributed by atoms with Gasteiger partial charge in [0.15, 0.2) is 0 Å². The predicted octanol–water partition coefficient (Wildman–Crippen LogP) is 2.97. The van der Waals surface area contributed by atoms with Crippen molar-refractivity contribution in [2.24, 2.45) is 0 Å². The third-order valence-corrected chi connectivity index (χ3v) is 3.33. The number of rotatable bonds is 2. The van der Waals surface area contributed by atoms with Gasteiger partial charge in [0.1, 0.15) is 5.78 Å². The highest BCUT2D eigenvalue weighted by molar-refractivity contribution is 6.33. The molecule has 0 unspecified atom stereocenters. The van der Waals surface area contributed by atoms with Crippen molar-refractivity contribution in [2.75, 3.05) is 5.32 Å². The maximum Gasteiger partial charge on any atom is 0.319 e. The molecule has 4 nitrogen and oxygen atoms in total. The van der Waals surface area contributed by atoms with Gasteiger partial charge < -0.3 is 10.6 Å². The Labute approximate surface area is 111 Å². The van der Waals surface area contributed by atoms with Gasteiger partial charge in [0.25, 0.3) is 0 Å². The molecule has 0 aromatic heterocycles. The van der Waals surface area contributed by atoms with Gasteiger partial charge in [-0.15, -0.1) is 0 Å². The van der Waals surface area contributed by atoms with E-state index in [9.17, 15) is 9.59 Å². The predicted molar refractivity (Wildman–Crippen MR) is 70.9 cm³/mol. The van der Waals surface area contributed by atoms with Gasteiger partial charge in [0, 0.05) is 18.9 Å². The second kappa shape index (κ2) is 5.87. The van der Waals surface area contributed by atoms with Crippen molar-refractivity contribution in [3.05, 3.63) is 29.3 Å². The van der Waals surface area contributed by atoms with Gasteiger partial charge in [-0.3, -0.25) is 4.79 Å². The summed E-state index contributed by atoms with van der Waals surface area (Å²) in [4.78, 5) is 22.8. The molecule has 0 bridgehead atoms. The van der Waals surface area contributed by atoms with Crippen molar-refractivity contribution in [3.8, 4) is 0 Å². The average Bonchev–Trinajstić information content (AvgIpc) is 2.35. The molecule has 1 saturated carbocycles. The fraction of sp³-hybridized carbons (Fsp3) is 0.385. The Morgan fingerprint density at radius 1 is 1.22 bits per heavy atom. The number of para-hydroxylation sites is 1. The normalized spacial score (nSPS) is 16.4. The summed E-state index contributed by atoms with van der Waals surface area (Å²) in [5, 5.41) is 6.06. The number of carbonyl (C=O) groups is 2. The Bertz CT molecular complexity index is 452. The molecule has 1 aliphatic rings. The summed E-state index contributed by atoms with van der Waals surface area (Å²) >= 11 is 5.94. The van der Waals surface area contributed by atoms with Gasteiger partial charge >= 0.3 is 6.03 Å². The molecule has 18 heavy (non-hydrogen) atoms. The Morgan fingerprint density at radius 2 is 1.89 bits per heavy atom. The molecule has 5 heteroatoms. The lowest BCUT2D eigenvalue weighted by molar-refractivity contribution is -0.120. The van der Waals surface area contributed by atoms with Gasteiger partial charge in [0.2, 0.25) is 0 Å². The second-order valence-corrected chi connectivity index (χ2v) is 4.80. The summed E-state index contributed by atoms with van der Waals surface area (Å²) in [6.07, 6.45) is 2.54. The van der Waals surface area contributed by atoms with Gasteiger partial charge in [-0.05, 0) is 25.0 Å². The molecule has 0 radical (unpaired) electrons. The number of carbonyl (C=O) groups excluding carboxylic acids is 2. The van der Waals surface area contributed by atoms with Crippen molar-refractivity contribution >= 4 is 29.1 Å². The molecule has 2 rings (SSSR count). The van der Waals surface area contributed by atoms with Crippen molar-refractivity contribution < 1.29 is 9.59 Å². The number of hydrogen-bond donors (Lipinski definition) is 2. The molecule has 96 valence electrons. The van der Waals surface area contributed by atoms with E-state index >= 15 is 0 Å². The smallest absolute Gasteiger partial charge is 0.319 e. The topological polar surface area (TPSA) is 58.2 Å². The zero-order chi connectivity index (χ0) is 13.0. The first-order valence-electron chi connectivity index (χ1n) is 5.99. The molecule has 2 N–H and O–H groups in total. The summed E-state index contributed by atoms with van der Waals surface area (Å²) in [5.74, 6) is 0.277. The van der Waals surface area contributed by atoms with Crippen molar-refractivity contribution in [1.82, 2.24) is 5.32 Å². The number of anilines is 1. The average molecular weight is 267 g/mol. The lowest BCUT2D eigenvalue weighted by Gasteiger charge is -2.22. The molecule has 1 aromatic rings. The van der Waals surface area contributed by atoms with Crippen LogP contribution in [0.1, 0.15) is 25.7 Å². The van der Waals surface area contributed by atoms with E-state index in [0.717, 1.165) is 12.8 Å². The van der Waals surface area contributed by atoms with E-state index in [1.165, 1.54) is 0 Å². The van der Waals surface area contributed by atoms with Gasteiger partial charge in [-0.2, -0.15) is 0 Å². The minimum Gasteiger partial charge on any atom is -0.335 e. The third-order valence-electron chi connectivity index (χ3n) is 3.00. The third kappa shape index (κ3) is 3.47. The molecule has 0 aliphatic heterocycles. The second-order valence-electron chi connectivity index (χ2n) is 4.39. The van der Waals surface area contributed by atoms with Crippen LogP contribution in [0.5, 0.6) is 0 Å². The molecule has 0 atom stereocenters. The summed E-state index contributed by atoms with van der Waals surface area (Å²) in [6.45, 7) is 0. The van der Waals surface area contributed by atoms with Crippen LogP contribution >= 0.6 is 11.6 Å². The van der Waals surface area contributed by atoms with Crippen LogP contribution in [-0.2, 0) is 4.79 Å². The van der Waals surface area contributed by atoms with E-state index < -0.39 is 0 Å². The monoisotopic (exact) mass is 266 g/mol. The summed E-state index contributed by atoms with van der Waals surface area (Å²) in [6, 6.07) is 6.87. The standard InChI is InChI=1S/C13H15ClN2O2/c14-11-3-1-2-4-12(11)16-13(18)15-9-5-7-10(17)8-6-9/h1-4,9H,5-8H2,(H2,15,16,18). The molecule has 0 spiro atoms. The Kier molecular flexibility index (Phi) is 4.20. The molecule has 1 aromatic carbocycles. The van der Waals surface area contributed by atoms with E-state index in [-0.39, 0.29) is 17.9 Å². The first-order chi connectivity index (χ1) is 8.65. The SMILES string of the molecule is O=C1CCC(NC(=O)Nc2ccccc2Cl)CC1. The molecule has 0 heterocycles. The molecular weight excluding hydrogens is 252 g/mol. The maximum absolute atomic E-state index is 11.7. The number of hydrogen-bond acceptors (Lipinski definition) is 2. The van der Waals surface area contributed by atoms with Crippen LogP contribution in [0, 0.1) is 0 Å². The minimum absolute atomic E-state index is 0.0742. The van der Waals surface area contributed by atoms with E-state index in [1.54, 1.807) is 24.3 Å². The number of halogens is 1. The molecular formula is C13H15ClN2O2. The number of benzene rings is 1. The van der Waals surface area contributed by atoms with Crippen molar-refractivity contribution in [1.29, 1.82) is 0 Å². The largest absolute Gasteiger partial charge is 0.335 e. The lowest BCUT2D eigenvalue weighted by atomic mass is 9.94. The number of Topliss-reactive ketones (excluding diaryl/α,β-unsaturated/α-hetero) is 1. The number of urea groups is 1.